The van der Waals surface area contributed by atoms with Crippen molar-refractivity contribution in [1.29, 1.82) is 0 Å². The standard InChI is InChI=1S/C19H21NO3/c1-13-8-10-14(11-9-13)20-19(22)12-23-18-7-3-4-15-16(18)5-2-6-17(15)21/h3-4,7-11,17,21H,2,5-6,12H2,1H3,(H,20,22). The van der Waals surface area contributed by atoms with E-state index in [9.17, 15) is 9.90 Å². The van der Waals surface area contributed by atoms with Gasteiger partial charge in [-0.25, -0.2) is 0 Å². The number of hydrogen-bond acceptors (Lipinski definition) is 3. The highest BCUT2D eigenvalue weighted by atomic mass is 16.5. The second-order valence-corrected chi connectivity index (χ2v) is 5.93. The van der Waals surface area contributed by atoms with Crippen molar-refractivity contribution in [1.82, 2.24) is 0 Å². The van der Waals surface area contributed by atoms with E-state index >= 15 is 0 Å². The molecule has 120 valence electrons. The van der Waals surface area contributed by atoms with Crippen molar-refractivity contribution >= 4 is 11.6 Å². The second-order valence-electron chi connectivity index (χ2n) is 5.93. The molecule has 0 heterocycles. The fraction of sp³-hybridized carbons (Fsp3) is 0.316. The number of carbonyl (C=O) groups excluding carboxylic acids is 1. The Kier molecular flexibility index (Phi) is 4.63. The SMILES string of the molecule is Cc1ccc(NC(=O)COc2cccc3c2CCCC3O)cc1. The molecule has 1 aliphatic carbocycles. The van der Waals surface area contributed by atoms with E-state index in [-0.39, 0.29) is 12.5 Å². The molecule has 23 heavy (non-hydrogen) atoms. The van der Waals surface area contributed by atoms with Gasteiger partial charge in [-0.15, -0.1) is 0 Å². The highest BCUT2D eigenvalue weighted by Gasteiger charge is 2.21. The van der Waals surface area contributed by atoms with Gasteiger partial charge in [-0.05, 0) is 55.5 Å². The molecular formula is C19H21NO3. The molecule has 1 unspecified atom stereocenters. The number of amides is 1. The third-order valence-electron chi connectivity index (χ3n) is 4.13. The molecule has 0 fully saturated rings. The zero-order valence-electron chi connectivity index (χ0n) is 13.2. The van der Waals surface area contributed by atoms with Crippen LogP contribution in [0, 0.1) is 6.92 Å². The number of anilines is 1. The fourth-order valence-electron chi connectivity index (χ4n) is 2.90. The Morgan fingerprint density at radius 2 is 2.04 bits per heavy atom. The predicted octanol–water partition coefficient (Wildman–Crippen LogP) is 3.38. The topological polar surface area (TPSA) is 58.6 Å². The Balaban J connectivity index is 1.63. The lowest BCUT2D eigenvalue weighted by molar-refractivity contribution is -0.118. The van der Waals surface area contributed by atoms with Gasteiger partial charge < -0.3 is 15.2 Å². The number of aryl methyl sites for hydroxylation is 1. The lowest BCUT2D eigenvalue weighted by Gasteiger charge is -2.23. The van der Waals surface area contributed by atoms with Crippen molar-refractivity contribution in [3.8, 4) is 5.75 Å². The van der Waals surface area contributed by atoms with Gasteiger partial charge in [0.2, 0.25) is 0 Å². The van der Waals surface area contributed by atoms with E-state index < -0.39 is 6.10 Å². The van der Waals surface area contributed by atoms with Gasteiger partial charge in [0.25, 0.3) is 5.91 Å². The second kappa shape index (κ2) is 6.84. The maximum absolute atomic E-state index is 12.0. The Morgan fingerprint density at radius 3 is 2.83 bits per heavy atom. The van der Waals surface area contributed by atoms with E-state index in [1.54, 1.807) is 0 Å². The number of ether oxygens (including phenoxy) is 1. The van der Waals surface area contributed by atoms with Crippen LogP contribution >= 0.6 is 0 Å². The monoisotopic (exact) mass is 311 g/mol. The highest BCUT2D eigenvalue weighted by molar-refractivity contribution is 5.91. The number of aliphatic hydroxyl groups is 1. The number of rotatable bonds is 4. The maximum Gasteiger partial charge on any atom is 0.262 e. The molecule has 0 bridgehead atoms. The molecule has 4 nitrogen and oxygen atoms in total. The van der Waals surface area contributed by atoms with Crippen molar-refractivity contribution in [2.24, 2.45) is 0 Å². The van der Waals surface area contributed by atoms with Crippen LogP contribution in [0.2, 0.25) is 0 Å². The molecular weight excluding hydrogens is 290 g/mol. The molecule has 2 aromatic rings. The molecule has 0 aliphatic heterocycles. The van der Waals surface area contributed by atoms with Crippen molar-refractivity contribution in [3.05, 3.63) is 59.2 Å². The maximum atomic E-state index is 12.0. The van der Waals surface area contributed by atoms with Gasteiger partial charge in [0.15, 0.2) is 6.61 Å². The first-order valence-corrected chi connectivity index (χ1v) is 7.92. The minimum Gasteiger partial charge on any atom is -0.483 e. The molecule has 0 saturated carbocycles. The third-order valence-corrected chi connectivity index (χ3v) is 4.13. The largest absolute Gasteiger partial charge is 0.483 e. The minimum absolute atomic E-state index is 0.0412. The van der Waals surface area contributed by atoms with Crippen LogP contribution in [0.1, 0.15) is 35.6 Å². The van der Waals surface area contributed by atoms with Gasteiger partial charge in [-0.2, -0.15) is 0 Å². The number of hydrogen-bond donors (Lipinski definition) is 2. The van der Waals surface area contributed by atoms with Crippen LogP contribution in [0.15, 0.2) is 42.5 Å². The van der Waals surface area contributed by atoms with Crippen LogP contribution in [0.25, 0.3) is 0 Å². The first-order valence-electron chi connectivity index (χ1n) is 7.92. The van der Waals surface area contributed by atoms with Crippen LogP contribution in [-0.2, 0) is 11.2 Å². The number of nitrogens with one attached hydrogen (secondary N) is 1. The Bertz CT molecular complexity index is 694. The minimum atomic E-state index is -0.427. The van der Waals surface area contributed by atoms with Crippen LogP contribution in [-0.4, -0.2) is 17.6 Å². The highest BCUT2D eigenvalue weighted by Crippen LogP contribution is 2.35. The Morgan fingerprint density at radius 1 is 1.26 bits per heavy atom. The van der Waals surface area contributed by atoms with Crippen LogP contribution in [0.4, 0.5) is 5.69 Å². The van der Waals surface area contributed by atoms with Crippen LogP contribution < -0.4 is 10.1 Å². The average molecular weight is 311 g/mol. The third kappa shape index (κ3) is 3.71. The summed E-state index contributed by atoms with van der Waals surface area (Å²) >= 11 is 0. The molecule has 0 aromatic heterocycles. The molecule has 0 spiro atoms. The Hall–Kier alpha value is -2.33. The van der Waals surface area contributed by atoms with E-state index in [4.69, 9.17) is 4.74 Å². The molecule has 2 aromatic carbocycles. The van der Waals surface area contributed by atoms with Gasteiger partial charge in [-0.1, -0.05) is 29.8 Å². The van der Waals surface area contributed by atoms with E-state index in [1.165, 1.54) is 0 Å². The Labute approximate surface area is 136 Å². The lowest BCUT2D eigenvalue weighted by atomic mass is 9.89. The van der Waals surface area contributed by atoms with E-state index in [0.29, 0.717) is 5.75 Å². The molecule has 1 aliphatic rings. The van der Waals surface area contributed by atoms with Gasteiger partial charge >= 0.3 is 0 Å². The summed E-state index contributed by atoms with van der Waals surface area (Å²) in [5.74, 6) is 0.503. The van der Waals surface area contributed by atoms with Gasteiger partial charge in [0.1, 0.15) is 5.75 Å². The molecule has 2 N–H and O–H groups in total. The smallest absolute Gasteiger partial charge is 0.262 e. The predicted molar refractivity (Wildman–Crippen MR) is 89.6 cm³/mol. The molecule has 1 atom stereocenters. The first kappa shape index (κ1) is 15.6. The molecule has 1 amide bonds. The van der Waals surface area contributed by atoms with Crippen LogP contribution in [0.5, 0.6) is 5.75 Å². The normalized spacial score (nSPS) is 16.5. The zero-order chi connectivity index (χ0) is 16.2. The summed E-state index contributed by atoms with van der Waals surface area (Å²) in [5.41, 5.74) is 3.85. The van der Waals surface area contributed by atoms with Crippen LogP contribution in [0.3, 0.4) is 0 Å². The fourth-order valence-corrected chi connectivity index (χ4v) is 2.90. The number of fused-ring (bicyclic) bond motifs is 1. The number of carbonyl (C=O) groups is 1. The van der Waals surface area contributed by atoms with E-state index in [0.717, 1.165) is 41.6 Å². The van der Waals surface area contributed by atoms with Gasteiger partial charge in [-0.3, -0.25) is 4.79 Å². The zero-order valence-corrected chi connectivity index (χ0v) is 13.2. The average Bonchev–Trinajstić information content (AvgIpc) is 2.55. The molecule has 4 heteroatoms. The van der Waals surface area contributed by atoms with Crippen molar-refractivity contribution < 1.29 is 14.6 Å². The summed E-state index contributed by atoms with van der Waals surface area (Å²) in [7, 11) is 0. The molecule has 0 radical (unpaired) electrons. The van der Waals surface area contributed by atoms with E-state index in [2.05, 4.69) is 5.32 Å². The summed E-state index contributed by atoms with van der Waals surface area (Å²) in [6.07, 6.45) is 2.17. The molecule has 0 saturated heterocycles. The van der Waals surface area contributed by atoms with Crippen molar-refractivity contribution in [3.63, 3.8) is 0 Å². The van der Waals surface area contributed by atoms with E-state index in [1.807, 2.05) is 49.4 Å². The van der Waals surface area contributed by atoms with Crippen molar-refractivity contribution in [2.75, 3.05) is 11.9 Å². The summed E-state index contributed by atoms with van der Waals surface area (Å²) in [6, 6.07) is 13.3. The first-order chi connectivity index (χ1) is 11.1. The number of aliphatic hydroxyl groups excluding tert-OH is 1. The lowest BCUT2D eigenvalue weighted by Crippen LogP contribution is -2.21. The van der Waals surface area contributed by atoms with Gasteiger partial charge in [0, 0.05) is 5.69 Å². The number of benzene rings is 2. The summed E-state index contributed by atoms with van der Waals surface area (Å²) in [4.78, 5) is 12.0. The molecule has 3 rings (SSSR count). The summed E-state index contributed by atoms with van der Waals surface area (Å²) in [5, 5.41) is 12.9. The summed E-state index contributed by atoms with van der Waals surface area (Å²) < 4.78 is 5.69. The van der Waals surface area contributed by atoms with Gasteiger partial charge in [0.05, 0.1) is 6.10 Å². The summed E-state index contributed by atoms with van der Waals surface area (Å²) in [6.45, 7) is 1.96. The van der Waals surface area contributed by atoms with Crippen molar-refractivity contribution in [2.45, 2.75) is 32.3 Å². The quantitative estimate of drug-likeness (QED) is 0.910.